The first kappa shape index (κ1) is 16.2. The third kappa shape index (κ3) is 4.43. The van der Waals surface area contributed by atoms with Gasteiger partial charge in [0.25, 0.3) is 0 Å². The Kier molecular flexibility index (Phi) is 5.72. The fourth-order valence-electron chi connectivity index (χ4n) is 2.19. The molecule has 1 aromatic heterocycles. The molecule has 0 bridgehead atoms. The molecule has 1 heterocycles. The van der Waals surface area contributed by atoms with E-state index < -0.39 is 12.0 Å². The Morgan fingerprint density at radius 1 is 1.27 bits per heavy atom. The van der Waals surface area contributed by atoms with Crippen LogP contribution in [0, 0.1) is 5.82 Å². The van der Waals surface area contributed by atoms with E-state index in [4.69, 9.17) is 9.52 Å². The van der Waals surface area contributed by atoms with Gasteiger partial charge < -0.3 is 9.52 Å². The Bertz CT molecular complexity index is 607. The Labute approximate surface area is 129 Å². The zero-order valence-corrected chi connectivity index (χ0v) is 12.5. The SMILES string of the molecule is CCCC[C@H](NCc1ccc(-c2ccc(F)cc2)o1)C(=O)O. The van der Waals surface area contributed by atoms with Gasteiger partial charge in [-0.2, -0.15) is 0 Å². The molecular weight excluding hydrogens is 285 g/mol. The van der Waals surface area contributed by atoms with Crippen LogP contribution in [0.5, 0.6) is 0 Å². The molecule has 5 heteroatoms. The quantitative estimate of drug-likeness (QED) is 0.778. The maximum Gasteiger partial charge on any atom is 0.320 e. The van der Waals surface area contributed by atoms with Crippen LogP contribution in [-0.4, -0.2) is 17.1 Å². The molecule has 0 saturated carbocycles. The minimum atomic E-state index is -0.848. The van der Waals surface area contributed by atoms with Crippen molar-refractivity contribution in [2.45, 2.75) is 38.8 Å². The van der Waals surface area contributed by atoms with Crippen LogP contribution >= 0.6 is 0 Å². The number of aliphatic carboxylic acids is 1. The first-order valence-corrected chi connectivity index (χ1v) is 7.41. The number of halogens is 1. The number of unbranched alkanes of at least 4 members (excludes halogenated alkanes) is 1. The third-order valence-electron chi connectivity index (χ3n) is 3.46. The minimum Gasteiger partial charge on any atom is -0.480 e. The molecule has 1 aromatic carbocycles. The van der Waals surface area contributed by atoms with Gasteiger partial charge in [-0.25, -0.2) is 4.39 Å². The van der Waals surface area contributed by atoms with Crippen molar-refractivity contribution >= 4 is 5.97 Å². The lowest BCUT2D eigenvalue weighted by atomic mass is 10.1. The third-order valence-corrected chi connectivity index (χ3v) is 3.46. The van der Waals surface area contributed by atoms with Crippen molar-refractivity contribution < 1.29 is 18.7 Å². The number of furan rings is 1. The normalized spacial score (nSPS) is 12.3. The number of hydrogen-bond acceptors (Lipinski definition) is 3. The van der Waals surface area contributed by atoms with Gasteiger partial charge in [-0.05, 0) is 42.8 Å². The molecule has 0 aliphatic heterocycles. The van der Waals surface area contributed by atoms with Crippen molar-refractivity contribution in [1.82, 2.24) is 5.32 Å². The highest BCUT2D eigenvalue weighted by molar-refractivity contribution is 5.73. The number of carboxylic acid groups (broad SMARTS) is 1. The molecule has 22 heavy (non-hydrogen) atoms. The van der Waals surface area contributed by atoms with Crippen LogP contribution in [0.2, 0.25) is 0 Å². The summed E-state index contributed by atoms with van der Waals surface area (Å²) in [5, 5.41) is 12.1. The number of rotatable bonds is 8. The van der Waals surface area contributed by atoms with Crippen molar-refractivity contribution in [3.8, 4) is 11.3 Å². The molecule has 0 aliphatic carbocycles. The van der Waals surface area contributed by atoms with Crippen molar-refractivity contribution in [3.05, 3.63) is 48.0 Å². The molecule has 0 aliphatic rings. The maximum absolute atomic E-state index is 12.9. The Morgan fingerprint density at radius 2 is 2.00 bits per heavy atom. The predicted molar refractivity (Wildman–Crippen MR) is 81.9 cm³/mol. The Morgan fingerprint density at radius 3 is 2.64 bits per heavy atom. The van der Waals surface area contributed by atoms with E-state index in [2.05, 4.69) is 5.32 Å². The largest absolute Gasteiger partial charge is 0.480 e. The van der Waals surface area contributed by atoms with Crippen LogP contribution in [0.15, 0.2) is 40.8 Å². The summed E-state index contributed by atoms with van der Waals surface area (Å²) in [6.07, 6.45) is 2.42. The lowest BCUT2D eigenvalue weighted by Gasteiger charge is -2.12. The molecule has 1 atom stereocenters. The molecule has 0 unspecified atom stereocenters. The van der Waals surface area contributed by atoms with Crippen LogP contribution in [-0.2, 0) is 11.3 Å². The molecule has 2 rings (SSSR count). The molecule has 0 spiro atoms. The predicted octanol–water partition coefficient (Wildman–Crippen LogP) is 3.82. The highest BCUT2D eigenvalue weighted by Crippen LogP contribution is 2.22. The Hall–Kier alpha value is -2.14. The van der Waals surface area contributed by atoms with Gasteiger partial charge in [0.1, 0.15) is 23.4 Å². The van der Waals surface area contributed by atoms with Crippen LogP contribution in [0.4, 0.5) is 4.39 Å². The molecule has 2 N–H and O–H groups in total. The van der Waals surface area contributed by atoms with E-state index in [1.807, 2.05) is 6.92 Å². The molecule has 0 fully saturated rings. The summed E-state index contributed by atoms with van der Waals surface area (Å²) in [5.41, 5.74) is 0.786. The van der Waals surface area contributed by atoms with E-state index in [0.29, 0.717) is 24.5 Å². The topological polar surface area (TPSA) is 62.5 Å². The summed E-state index contributed by atoms with van der Waals surface area (Å²) >= 11 is 0. The monoisotopic (exact) mass is 305 g/mol. The lowest BCUT2D eigenvalue weighted by molar-refractivity contribution is -0.139. The summed E-state index contributed by atoms with van der Waals surface area (Å²) in [6.45, 7) is 2.38. The van der Waals surface area contributed by atoms with Gasteiger partial charge in [-0.15, -0.1) is 0 Å². The summed E-state index contributed by atoms with van der Waals surface area (Å²) in [6, 6.07) is 9.07. The number of benzene rings is 1. The second-order valence-corrected chi connectivity index (χ2v) is 5.19. The van der Waals surface area contributed by atoms with E-state index in [9.17, 15) is 9.18 Å². The number of hydrogen-bond donors (Lipinski definition) is 2. The van der Waals surface area contributed by atoms with E-state index in [0.717, 1.165) is 18.4 Å². The average Bonchev–Trinajstić information content (AvgIpc) is 2.96. The molecule has 0 saturated heterocycles. The van der Waals surface area contributed by atoms with Crippen molar-refractivity contribution in [1.29, 1.82) is 0 Å². The average molecular weight is 305 g/mol. The smallest absolute Gasteiger partial charge is 0.320 e. The molecular formula is C17H20FNO3. The van der Waals surface area contributed by atoms with E-state index in [1.54, 1.807) is 24.3 Å². The van der Waals surface area contributed by atoms with Gasteiger partial charge in [-0.3, -0.25) is 10.1 Å². The molecule has 2 aromatic rings. The van der Waals surface area contributed by atoms with Crippen molar-refractivity contribution in [2.75, 3.05) is 0 Å². The zero-order valence-electron chi connectivity index (χ0n) is 12.5. The first-order valence-electron chi connectivity index (χ1n) is 7.41. The van der Waals surface area contributed by atoms with Crippen LogP contribution in [0.3, 0.4) is 0 Å². The highest BCUT2D eigenvalue weighted by Gasteiger charge is 2.16. The molecule has 0 radical (unpaired) electrons. The van der Waals surface area contributed by atoms with Crippen molar-refractivity contribution in [3.63, 3.8) is 0 Å². The molecule has 118 valence electrons. The summed E-state index contributed by atoms with van der Waals surface area (Å²) in [4.78, 5) is 11.2. The number of carboxylic acids is 1. The van der Waals surface area contributed by atoms with Gasteiger partial charge in [-0.1, -0.05) is 19.8 Å². The maximum atomic E-state index is 12.9. The minimum absolute atomic E-state index is 0.294. The van der Waals surface area contributed by atoms with Crippen LogP contribution < -0.4 is 5.32 Å². The van der Waals surface area contributed by atoms with Gasteiger partial charge >= 0.3 is 5.97 Å². The first-order chi connectivity index (χ1) is 10.6. The Balaban J connectivity index is 1.96. The second kappa shape index (κ2) is 7.75. The number of nitrogens with one attached hydrogen (secondary N) is 1. The van der Waals surface area contributed by atoms with E-state index >= 15 is 0 Å². The summed E-state index contributed by atoms with van der Waals surface area (Å²) in [7, 11) is 0. The fraction of sp³-hybridized carbons (Fsp3) is 0.353. The van der Waals surface area contributed by atoms with E-state index in [-0.39, 0.29) is 5.82 Å². The summed E-state index contributed by atoms with van der Waals surface area (Å²) < 4.78 is 18.6. The van der Waals surface area contributed by atoms with Gasteiger partial charge in [0, 0.05) is 5.56 Å². The standard InChI is InChI=1S/C17H20FNO3/c1-2-3-4-15(17(20)21)19-11-14-9-10-16(22-14)12-5-7-13(18)8-6-12/h5-10,15,19H,2-4,11H2,1H3,(H,20,21)/t15-/m0/s1. The lowest BCUT2D eigenvalue weighted by Crippen LogP contribution is -2.36. The molecule has 0 amide bonds. The van der Waals surface area contributed by atoms with Crippen LogP contribution in [0.1, 0.15) is 31.9 Å². The van der Waals surface area contributed by atoms with E-state index in [1.165, 1.54) is 12.1 Å². The molecule has 4 nitrogen and oxygen atoms in total. The van der Waals surface area contributed by atoms with Crippen molar-refractivity contribution in [2.24, 2.45) is 0 Å². The highest BCUT2D eigenvalue weighted by atomic mass is 19.1. The van der Waals surface area contributed by atoms with Gasteiger partial charge in [0.2, 0.25) is 0 Å². The fourth-order valence-corrected chi connectivity index (χ4v) is 2.19. The van der Waals surface area contributed by atoms with Gasteiger partial charge in [0.15, 0.2) is 0 Å². The van der Waals surface area contributed by atoms with Crippen LogP contribution in [0.25, 0.3) is 11.3 Å². The van der Waals surface area contributed by atoms with Gasteiger partial charge in [0.05, 0.1) is 6.54 Å². The second-order valence-electron chi connectivity index (χ2n) is 5.19. The number of carbonyl (C=O) groups is 1. The zero-order chi connectivity index (χ0) is 15.9. The summed E-state index contributed by atoms with van der Waals surface area (Å²) in [5.74, 6) is 0.149.